The lowest BCUT2D eigenvalue weighted by atomic mass is 9.85. The lowest BCUT2D eigenvalue weighted by Crippen LogP contribution is -2.23. The second-order valence-electron chi connectivity index (χ2n) is 5.08. The van der Waals surface area contributed by atoms with Gasteiger partial charge in [-0.15, -0.1) is 11.6 Å². The van der Waals surface area contributed by atoms with Crippen molar-refractivity contribution >= 4 is 11.6 Å². The van der Waals surface area contributed by atoms with E-state index in [0.29, 0.717) is 12.5 Å². The van der Waals surface area contributed by atoms with Gasteiger partial charge >= 0.3 is 0 Å². The second kappa shape index (κ2) is 7.13. The van der Waals surface area contributed by atoms with Gasteiger partial charge in [0.15, 0.2) is 0 Å². The third kappa shape index (κ3) is 3.98. The van der Waals surface area contributed by atoms with E-state index in [1.165, 1.54) is 5.56 Å². The summed E-state index contributed by atoms with van der Waals surface area (Å²) >= 11 is 6.05. The molecule has 0 aromatic heterocycles. The van der Waals surface area contributed by atoms with Crippen molar-refractivity contribution in [3.05, 3.63) is 35.9 Å². The third-order valence-corrected chi connectivity index (χ3v) is 4.14. The summed E-state index contributed by atoms with van der Waals surface area (Å²) in [6, 6.07) is 10.3. The predicted octanol–water partition coefficient (Wildman–Crippen LogP) is 3.63. The van der Waals surface area contributed by atoms with E-state index in [0.717, 1.165) is 39.1 Å². The fraction of sp³-hybridized carbons (Fsp3) is 0.600. The van der Waals surface area contributed by atoms with Crippen molar-refractivity contribution in [1.82, 2.24) is 0 Å². The molecule has 0 saturated carbocycles. The Hall–Kier alpha value is -0.570. The maximum absolute atomic E-state index is 6.05. The highest BCUT2D eigenvalue weighted by Crippen LogP contribution is 2.34. The van der Waals surface area contributed by atoms with E-state index in [1.807, 2.05) is 18.2 Å². The van der Waals surface area contributed by atoms with Crippen LogP contribution in [0, 0.1) is 5.41 Å². The molecule has 1 saturated heterocycles. The minimum atomic E-state index is 0.206. The molecule has 100 valence electrons. The van der Waals surface area contributed by atoms with Crippen molar-refractivity contribution in [1.29, 1.82) is 0 Å². The molecule has 0 bridgehead atoms. The van der Waals surface area contributed by atoms with Crippen LogP contribution in [0.4, 0.5) is 0 Å². The van der Waals surface area contributed by atoms with Gasteiger partial charge in [-0.25, -0.2) is 0 Å². The first-order valence-electron chi connectivity index (χ1n) is 6.60. The van der Waals surface area contributed by atoms with E-state index in [9.17, 15) is 0 Å². The highest BCUT2D eigenvalue weighted by atomic mass is 35.5. The Morgan fingerprint density at radius 3 is 2.78 bits per heavy atom. The zero-order valence-electron chi connectivity index (χ0n) is 10.7. The van der Waals surface area contributed by atoms with Gasteiger partial charge in [0.25, 0.3) is 0 Å². The molecule has 18 heavy (non-hydrogen) atoms. The summed E-state index contributed by atoms with van der Waals surface area (Å²) < 4.78 is 11.1. The Kier molecular flexibility index (Phi) is 5.48. The molecule has 0 aliphatic carbocycles. The molecule has 1 aromatic rings. The Morgan fingerprint density at radius 2 is 2.11 bits per heavy atom. The maximum atomic E-state index is 6.05. The van der Waals surface area contributed by atoms with Crippen molar-refractivity contribution in [2.24, 2.45) is 5.41 Å². The van der Waals surface area contributed by atoms with Crippen LogP contribution in [0.25, 0.3) is 0 Å². The number of alkyl halides is 1. The first-order valence-corrected chi connectivity index (χ1v) is 7.13. The van der Waals surface area contributed by atoms with E-state index in [-0.39, 0.29) is 5.41 Å². The van der Waals surface area contributed by atoms with Gasteiger partial charge < -0.3 is 9.47 Å². The molecule has 2 rings (SSSR count). The number of hydrogen-bond donors (Lipinski definition) is 0. The molecule has 3 heteroatoms. The topological polar surface area (TPSA) is 18.5 Å². The molecule has 0 spiro atoms. The standard InChI is InChI=1S/C15H21ClO2/c16-12-15(8-10-18-13-15)7-4-9-17-11-14-5-2-1-3-6-14/h1-3,5-6H,4,7-13H2. The van der Waals surface area contributed by atoms with Crippen LogP contribution in [0.1, 0.15) is 24.8 Å². The number of rotatable bonds is 7. The van der Waals surface area contributed by atoms with Gasteiger partial charge in [0.2, 0.25) is 0 Å². The largest absolute Gasteiger partial charge is 0.381 e. The third-order valence-electron chi connectivity index (χ3n) is 3.58. The molecular formula is C15H21ClO2. The molecule has 1 aliphatic heterocycles. The average molecular weight is 269 g/mol. The van der Waals surface area contributed by atoms with Gasteiger partial charge in [-0.3, -0.25) is 0 Å². The van der Waals surface area contributed by atoms with E-state index in [4.69, 9.17) is 21.1 Å². The molecule has 1 heterocycles. The molecule has 1 aromatic carbocycles. The Balaban J connectivity index is 1.61. The molecule has 0 radical (unpaired) electrons. The summed E-state index contributed by atoms with van der Waals surface area (Å²) in [5.41, 5.74) is 1.44. The smallest absolute Gasteiger partial charge is 0.0716 e. The van der Waals surface area contributed by atoms with E-state index in [1.54, 1.807) is 0 Å². The highest BCUT2D eigenvalue weighted by Gasteiger charge is 2.33. The average Bonchev–Trinajstić information content (AvgIpc) is 2.89. The van der Waals surface area contributed by atoms with Crippen molar-refractivity contribution in [2.45, 2.75) is 25.9 Å². The fourth-order valence-corrected chi connectivity index (χ4v) is 2.68. The number of halogens is 1. The zero-order chi connectivity index (χ0) is 12.7. The molecule has 1 atom stereocenters. The van der Waals surface area contributed by atoms with Crippen molar-refractivity contribution in [3.63, 3.8) is 0 Å². The molecule has 1 aliphatic rings. The summed E-state index contributed by atoms with van der Waals surface area (Å²) in [7, 11) is 0. The van der Waals surface area contributed by atoms with Crippen LogP contribution in [0.2, 0.25) is 0 Å². The van der Waals surface area contributed by atoms with Crippen molar-refractivity contribution < 1.29 is 9.47 Å². The molecule has 0 amide bonds. The molecule has 1 fully saturated rings. The predicted molar refractivity (Wildman–Crippen MR) is 73.9 cm³/mol. The van der Waals surface area contributed by atoms with Crippen LogP contribution in [-0.2, 0) is 16.1 Å². The Labute approximate surface area is 114 Å². The molecular weight excluding hydrogens is 248 g/mol. The van der Waals surface area contributed by atoms with Gasteiger partial charge in [0, 0.05) is 24.5 Å². The second-order valence-corrected chi connectivity index (χ2v) is 5.35. The lowest BCUT2D eigenvalue weighted by molar-refractivity contribution is 0.101. The van der Waals surface area contributed by atoms with Crippen LogP contribution in [0.3, 0.4) is 0 Å². The fourth-order valence-electron chi connectivity index (χ4n) is 2.33. The maximum Gasteiger partial charge on any atom is 0.0716 e. The van der Waals surface area contributed by atoms with E-state index in [2.05, 4.69) is 12.1 Å². The van der Waals surface area contributed by atoms with Crippen LogP contribution < -0.4 is 0 Å². The molecule has 0 N–H and O–H groups in total. The SMILES string of the molecule is ClCC1(CCCOCc2ccccc2)CCOC1. The summed E-state index contributed by atoms with van der Waals surface area (Å²) in [6.45, 7) is 3.17. The first-order chi connectivity index (χ1) is 8.85. The summed E-state index contributed by atoms with van der Waals surface area (Å²) in [6.07, 6.45) is 3.25. The molecule has 2 nitrogen and oxygen atoms in total. The minimum Gasteiger partial charge on any atom is -0.381 e. The van der Waals surface area contributed by atoms with Gasteiger partial charge in [-0.2, -0.15) is 0 Å². The quantitative estimate of drug-likeness (QED) is 0.555. The number of benzene rings is 1. The van der Waals surface area contributed by atoms with Gasteiger partial charge in [0.1, 0.15) is 0 Å². The van der Waals surface area contributed by atoms with Crippen molar-refractivity contribution in [3.8, 4) is 0 Å². The van der Waals surface area contributed by atoms with E-state index < -0.39 is 0 Å². The normalized spacial score (nSPS) is 23.4. The molecule has 1 unspecified atom stereocenters. The lowest BCUT2D eigenvalue weighted by Gasteiger charge is -2.24. The van der Waals surface area contributed by atoms with Crippen LogP contribution in [0.5, 0.6) is 0 Å². The summed E-state index contributed by atoms with van der Waals surface area (Å²) in [4.78, 5) is 0. The van der Waals surface area contributed by atoms with Crippen LogP contribution in [0.15, 0.2) is 30.3 Å². The van der Waals surface area contributed by atoms with Crippen LogP contribution in [-0.4, -0.2) is 25.7 Å². The number of ether oxygens (including phenoxy) is 2. The van der Waals surface area contributed by atoms with Gasteiger partial charge in [-0.1, -0.05) is 30.3 Å². The van der Waals surface area contributed by atoms with E-state index >= 15 is 0 Å². The zero-order valence-corrected chi connectivity index (χ0v) is 11.5. The van der Waals surface area contributed by atoms with Gasteiger partial charge in [0.05, 0.1) is 13.2 Å². The minimum absolute atomic E-state index is 0.206. The highest BCUT2D eigenvalue weighted by molar-refractivity contribution is 6.18. The van der Waals surface area contributed by atoms with Crippen molar-refractivity contribution in [2.75, 3.05) is 25.7 Å². The first kappa shape index (κ1) is 13.9. The van der Waals surface area contributed by atoms with Gasteiger partial charge in [-0.05, 0) is 24.8 Å². The number of hydrogen-bond acceptors (Lipinski definition) is 2. The Morgan fingerprint density at radius 1 is 1.28 bits per heavy atom. The monoisotopic (exact) mass is 268 g/mol. The Bertz CT molecular complexity index is 334. The summed E-state index contributed by atoms with van der Waals surface area (Å²) in [5.74, 6) is 0.700. The summed E-state index contributed by atoms with van der Waals surface area (Å²) in [5, 5.41) is 0. The van der Waals surface area contributed by atoms with Crippen LogP contribution >= 0.6 is 11.6 Å².